The summed E-state index contributed by atoms with van der Waals surface area (Å²) in [6.07, 6.45) is 6.07. The number of amides is 2. The van der Waals surface area contributed by atoms with Crippen LogP contribution in [-0.4, -0.2) is 29.2 Å². The molecule has 3 atom stereocenters. The fraction of sp³-hybridized carbons (Fsp3) is 0.846. The maximum Gasteiger partial charge on any atom is 0.326 e. The number of aliphatic carboxylic acids is 1. The number of hydrogen-bond donors (Lipinski definition) is 3. The number of carbonyl (C=O) groups excluding carboxylic acids is 1. The average molecular weight is 256 g/mol. The zero-order valence-corrected chi connectivity index (χ0v) is 11.2. The molecule has 1 fully saturated rings. The fourth-order valence-corrected chi connectivity index (χ4v) is 2.41. The van der Waals surface area contributed by atoms with Crippen LogP contribution in [0.5, 0.6) is 0 Å². The van der Waals surface area contributed by atoms with Gasteiger partial charge in [0.05, 0.1) is 0 Å². The van der Waals surface area contributed by atoms with Crippen LogP contribution in [0.2, 0.25) is 0 Å². The summed E-state index contributed by atoms with van der Waals surface area (Å²) in [4.78, 5) is 22.6. The highest BCUT2D eigenvalue weighted by Crippen LogP contribution is 2.22. The molecule has 5 heteroatoms. The van der Waals surface area contributed by atoms with Gasteiger partial charge in [-0.25, -0.2) is 9.59 Å². The highest BCUT2D eigenvalue weighted by molar-refractivity contribution is 5.82. The topological polar surface area (TPSA) is 78.4 Å². The minimum absolute atomic E-state index is 0.166. The number of carboxylic acid groups (broad SMARTS) is 1. The first-order chi connectivity index (χ1) is 8.54. The molecule has 1 saturated carbocycles. The smallest absolute Gasteiger partial charge is 0.326 e. The maximum absolute atomic E-state index is 11.8. The summed E-state index contributed by atoms with van der Waals surface area (Å²) in [5.74, 6) is -0.523. The zero-order valence-electron chi connectivity index (χ0n) is 11.2. The molecule has 0 radical (unpaired) electrons. The summed E-state index contributed by atoms with van der Waals surface area (Å²) in [5, 5.41) is 14.3. The summed E-state index contributed by atoms with van der Waals surface area (Å²) in [6, 6.07) is -0.993. The molecular formula is C13H24N2O3. The van der Waals surface area contributed by atoms with E-state index in [2.05, 4.69) is 17.6 Å². The Hall–Kier alpha value is -1.26. The van der Waals surface area contributed by atoms with Crippen LogP contribution in [0.3, 0.4) is 0 Å². The van der Waals surface area contributed by atoms with Gasteiger partial charge in [-0.15, -0.1) is 0 Å². The zero-order chi connectivity index (χ0) is 13.5. The molecular weight excluding hydrogens is 232 g/mol. The van der Waals surface area contributed by atoms with Crippen LogP contribution >= 0.6 is 0 Å². The fourth-order valence-electron chi connectivity index (χ4n) is 2.41. The number of rotatable bonds is 4. The summed E-state index contributed by atoms with van der Waals surface area (Å²) >= 11 is 0. The van der Waals surface area contributed by atoms with Gasteiger partial charge in [0.25, 0.3) is 0 Å². The van der Waals surface area contributed by atoms with E-state index in [1.807, 2.05) is 0 Å². The molecule has 3 N–H and O–H groups in total. The number of carbonyl (C=O) groups is 2. The van der Waals surface area contributed by atoms with Gasteiger partial charge in [-0.2, -0.15) is 0 Å². The summed E-state index contributed by atoms with van der Waals surface area (Å²) in [7, 11) is 0. The van der Waals surface area contributed by atoms with Gasteiger partial charge in [0, 0.05) is 6.04 Å². The normalized spacial score (nSPS) is 25.9. The van der Waals surface area contributed by atoms with Crippen molar-refractivity contribution in [2.75, 3.05) is 0 Å². The quantitative estimate of drug-likeness (QED) is 0.674. The second-order valence-electron chi connectivity index (χ2n) is 5.14. The second kappa shape index (κ2) is 7.24. The predicted molar refractivity (Wildman–Crippen MR) is 69.4 cm³/mol. The van der Waals surface area contributed by atoms with Gasteiger partial charge in [-0.1, -0.05) is 33.1 Å². The molecule has 1 rings (SSSR count). The van der Waals surface area contributed by atoms with Crippen molar-refractivity contribution in [1.29, 1.82) is 0 Å². The van der Waals surface area contributed by atoms with Gasteiger partial charge in [0.2, 0.25) is 0 Å². The van der Waals surface area contributed by atoms with Crippen molar-refractivity contribution in [2.45, 2.75) is 64.5 Å². The molecule has 2 unspecified atom stereocenters. The lowest BCUT2D eigenvalue weighted by Gasteiger charge is -2.24. The lowest BCUT2D eigenvalue weighted by molar-refractivity contribution is -0.139. The molecule has 0 bridgehead atoms. The SMILES string of the molecule is CC[C@@H](NC(=O)NC1CCCCCC1C)C(=O)O. The molecule has 0 spiro atoms. The second-order valence-corrected chi connectivity index (χ2v) is 5.14. The first kappa shape index (κ1) is 14.8. The standard InChI is InChI=1S/C13H24N2O3/c1-3-10(12(16)17)14-13(18)15-11-8-6-4-5-7-9(11)2/h9-11H,3-8H2,1-2H3,(H,16,17)(H2,14,15,18)/t9?,10-,11?/m1/s1. The molecule has 0 saturated heterocycles. The molecule has 0 aromatic rings. The Morgan fingerprint density at radius 2 is 1.94 bits per heavy atom. The minimum atomic E-state index is -0.985. The highest BCUT2D eigenvalue weighted by Gasteiger charge is 2.23. The summed E-state index contributed by atoms with van der Waals surface area (Å²) in [5.41, 5.74) is 0. The molecule has 1 aliphatic rings. The number of hydrogen-bond acceptors (Lipinski definition) is 2. The molecule has 0 aliphatic heterocycles. The first-order valence-electron chi connectivity index (χ1n) is 6.84. The van der Waals surface area contributed by atoms with Crippen molar-refractivity contribution in [1.82, 2.24) is 10.6 Å². The van der Waals surface area contributed by atoms with Crippen molar-refractivity contribution in [3.63, 3.8) is 0 Å². The van der Waals surface area contributed by atoms with Gasteiger partial charge >= 0.3 is 12.0 Å². The van der Waals surface area contributed by atoms with Gasteiger partial charge in [-0.05, 0) is 25.2 Å². The molecule has 0 heterocycles. The van der Waals surface area contributed by atoms with Crippen LogP contribution in [0.25, 0.3) is 0 Å². The molecule has 0 aromatic heterocycles. The van der Waals surface area contributed by atoms with E-state index in [0.717, 1.165) is 19.3 Å². The van der Waals surface area contributed by atoms with E-state index in [1.165, 1.54) is 12.8 Å². The highest BCUT2D eigenvalue weighted by atomic mass is 16.4. The molecule has 2 amide bonds. The Balaban J connectivity index is 2.44. The van der Waals surface area contributed by atoms with E-state index in [4.69, 9.17) is 5.11 Å². The Bertz CT molecular complexity index is 294. The lowest BCUT2D eigenvalue weighted by Crippen LogP contribution is -2.50. The van der Waals surface area contributed by atoms with Gasteiger partial charge in [0.15, 0.2) is 0 Å². The van der Waals surface area contributed by atoms with E-state index in [1.54, 1.807) is 6.92 Å². The molecule has 104 valence electrons. The number of urea groups is 1. The third-order valence-corrected chi connectivity index (χ3v) is 3.69. The van der Waals surface area contributed by atoms with Crippen molar-refractivity contribution in [3.05, 3.63) is 0 Å². The first-order valence-corrected chi connectivity index (χ1v) is 6.84. The monoisotopic (exact) mass is 256 g/mol. The van der Waals surface area contributed by atoms with Crippen LogP contribution in [0, 0.1) is 5.92 Å². The lowest BCUT2D eigenvalue weighted by atomic mass is 9.97. The third kappa shape index (κ3) is 4.55. The van der Waals surface area contributed by atoms with Crippen molar-refractivity contribution >= 4 is 12.0 Å². The number of carboxylic acids is 1. The molecule has 1 aliphatic carbocycles. The van der Waals surface area contributed by atoms with Crippen molar-refractivity contribution in [2.24, 2.45) is 5.92 Å². The van der Waals surface area contributed by atoms with E-state index >= 15 is 0 Å². The Morgan fingerprint density at radius 1 is 1.28 bits per heavy atom. The van der Waals surface area contributed by atoms with E-state index in [-0.39, 0.29) is 12.1 Å². The third-order valence-electron chi connectivity index (χ3n) is 3.69. The molecule has 18 heavy (non-hydrogen) atoms. The van der Waals surface area contributed by atoms with Crippen molar-refractivity contribution < 1.29 is 14.7 Å². The Kier molecular flexibility index (Phi) is 5.95. The maximum atomic E-state index is 11.8. The van der Waals surface area contributed by atoms with Gasteiger partial charge < -0.3 is 15.7 Å². The van der Waals surface area contributed by atoms with E-state index in [9.17, 15) is 9.59 Å². The summed E-state index contributed by atoms with van der Waals surface area (Å²) in [6.45, 7) is 3.89. The van der Waals surface area contributed by atoms with E-state index in [0.29, 0.717) is 12.3 Å². The molecule has 5 nitrogen and oxygen atoms in total. The predicted octanol–water partition coefficient (Wildman–Crippen LogP) is 2.12. The Morgan fingerprint density at radius 3 is 2.56 bits per heavy atom. The van der Waals surface area contributed by atoms with Gasteiger partial charge in [-0.3, -0.25) is 0 Å². The van der Waals surface area contributed by atoms with Crippen LogP contribution < -0.4 is 10.6 Å². The van der Waals surface area contributed by atoms with Crippen LogP contribution in [0.15, 0.2) is 0 Å². The van der Waals surface area contributed by atoms with Crippen molar-refractivity contribution in [3.8, 4) is 0 Å². The molecule has 0 aromatic carbocycles. The van der Waals surface area contributed by atoms with E-state index < -0.39 is 12.0 Å². The average Bonchev–Trinajstić information content (AvgIpc) is 2.51. The Labute approximate surface area is 108 Å². The van der Waals surface area contributed by atoms with Crippen LogP contribution in [-0.2, 0) is 4.79 Å². The largest absolute Gasteiger partial charge is 0.480 e. The van der Waals surface area contributed by atoms with Gasteiger partial charge in [0.1, 0.15) is 6.04 Å². The number of nitrogens with one attached hydrogen (secondary N) is 2. The minimum Gasteiger partial charge on any atom is -0.480 e. The van der Waals surface area contributed by atoms with Crippen LogP contribution in [0.1, 0.15) is 52.4 Å². The summed E-state index contributed by atoms with van der Waals surface area (Å²) < 4.78 is 0. The van der Waals surface area contributed by atoms with Crippen LogP contribution in [0.4, 0.5) is 4.79 Å².